The molecule has 35 heavy (non-hydrogen) atoms. The van der Waals surface area contributed by atoms with Gasteiger partial charge in [-0.1, -0.05) is 30.3 Å². The highest BCUT2D eigenvalue weighted by atomic mass is 16.5. The number of rotatable bonds is 8. The molecule has 1 amide bonds. The molecule has 0 spiro atoms. The van der Waals surface area contributed by atoms with Crippen molar-refractivity contribution in [2.24, 2.45) is 5.92 Å². The number of carbonyl (C=O) groups excluding carboxylic acids is 1. The quantitative estimate of drug-likeness (QED) is 0.615. The van der Waals surface area contributed by atoms with E-state index in [9.17, 15) is 4.79 Å². The number of carbonyl (C=O) groups is 1. The van der Waals surface area contributed by atoms with Gasteiger partial charge in [0.25, 0.3) is 0 Å². The van der Waals surface area contributed by atoms with E-state index in [1.807, 2.05) is 6.07 Å². The summed E-state index contributed by atoms with van der Waals surface area (Å²) in [5, 5.41) is 3.40. The van der Waals surface area contributed by atoms with Crippen molar-refractivity contribution < 1.29 is 14.3 Å². The monoisotopic (exact) mass is 477 g/mol. The second kappa shape index (κ2) is 11.3. The Morgan fingerprint density at radius 1 is 1.03 bits per heavy atom. The molecule has 5 rings (SSSR count). The normalized spacial score (nSPS) is 23.0. The lowest BCUT2D eigenvalue weighted by Gasteiger charge is -2.43. The first kappa shape index (κ1) is 24.0. The van der Waals surface area contributed by atoms with Gasteiger partial charge in [0.15, 0.2) is 11.5 Å². The predicted molar refractivity (Wildman–Crippen MR) is 139 cm³/mol. The molecule has 188 valence electrons. The largest absolute Gasteiger partial charge is 0.493 e. The lowest BCUT2D eigenvalue weighted by molar-refractivity contribution is -0.134. The van der Waals surface area contributed by atoms with E-state index in [0.29, 0.717) is 18.2 Å². The lowest BCUT2D eigenvalue weighted by Crippen LogP contribution is -2.56. The highest BCUT2D eigenvalue weighted by Crippen LogP contribution is 2.36. The molecule has 0 radical (unpaired) electrons. The Balaban J connectivity index is 1.33. The second-order valence-electron chi connectivity index (χ2n) is 10.3. The Morgan fingerprint density at radius 3 is 2.60 bits per heavy atom. The molecule has 1 saturated carbocycles. The molecule has 2 atom stereocenters. The predicted octanol–water partition coefficient (Wildman–Crippen LogP) is 4.28. The summed E-state index contributed by atoms with van der Waals surface area (Å²) in [5.74, 6) is 2.40. The third-order valence-corrected chi connectivity index (χ3v) is 7.85. The van der Waals surface area contributed by atoms with Gasteiger partial charge in [0, 0.05) is 37.8 Å². The summed E-state index contributed by atoms with van der Waals surface area (Å²) in [7, 11) is 1.71. The third kappa shape index (κ3) is 5.92. The van der Waals surface area contributed by atoms with Gasteiger partial charge in [0.05, 0.1) is 19.3 Å². The summed E-state index contributed by atoms with van der Waals surface area (Å²) < 4.78 is 12.0. The molecule has 2 aromatic carbocycles. The second-order valence-corrected chi connectivity index (χ2v) is 10.3. The maximum Gasteiger partial charge on any atom is 0.223 e. The molecule has 6 nitrogen and oxygen atoms in total. The minimum Gasteiger partial charge on any atom is -0.493 e. The summed E-state index contributed by atoms with van der Waals surface area (Å²) in [6.07, 6.45) is 7.61. The van der Waals surface area contributed by atoms with Crippen LogP contribution in [0.3, 0.4) is 0 Å². The minimum atomic E-state index is 0.148. The molecule has 0 aromatic heterocycles. The van der Waals surface area contributed by atoms with Crippen LogP contribution in [0.1, 0.15) is 44.1 Å². The van der Waals surface area contributed by atoms with Crippen LogP contribution >= 0.6 is 0 Å². The Morgan fingerprint density at radius 2 is 1.86 bits per heavy atom. The molecular formula is C29H39N3O3. The van der Waals surface area contributed by atoms with Crippen LogP contribution in [0.15, 0.2) is 48.5 Å². The SMILES string of the molecule is COc1ccc(N2CCN(C(=O)C[C@@H]3CCNC3)[C@@H](Cc3ccccc3)C2)cc1OC1CCCC1. The van der Waals surface area contributed by atoms with Crippen molar-refractivity contribution in [2.45, 2.75) is 57.1 Å². The van der Waals surface area contributed by atoms with Crippen molar-refractivity contribution in [2.75, 3.05) is 44.7 Å². The van der Waals surface area contributed by atoms with E-state index >= 15 is 0 Å². The van der Waals surface area contributed by atoms with Gasteiger partial charge in [0.1, 0.15) is 0 Å². The van der Waals surface area contributed by atoms with Gasteiger partial charge in [-0.2, -0.15) is 0 Å². The highest BCUT2D eigenvalue weighted by Gasteiger charge is 2.32. The zero-order valence-corrected chi connectivity index (χ0v) is 21.0. The van der Waals surface area contributed by atoms with Crippen LogP contribution < -0.4 is 19.7 Å². The number of piperazine rings is 1. The fraction of sp³-hybridized carbons (Fsp3) is 0.552. The number of methoxy groups -OCH3 is 1. The topological polar surface area (TPSA) is 54.0 Å². The van der Waals surface area contributed by atoms with Crippen LogP contribution in [0, 0.1) is 5.92 Å². The third-order valence-electron chi connectivity index (χ3n) is 7.85. The van der Waals surface area contributed by atoms with Crippen LogP contribution in [0.25, 0.3) is 0 Å². The van der Waals surface area contributed by atoms with E-state index in [4.69, 9.17) is 9.47 Å². The van der Waals surface area contributed by atoms with E-state index in [2.05, 4.69) is 57.6 Å². The zero-order valence-electron chi connectivity index (χ0n) is 21.0. The Bertz CT molecular complexity index is 970. The number of hydrogen-bond acceptors (Lipinski definition) is 5. The molecule has 2 saturated heterocycles. The van der Waals surface area contributed by atoms with Gasteiger partial charge in [-0.15, -0.1) is 0 Å². The standard InChI is InChI=1S/C29H39N3O3/c1-34-27-12-11-24(19-28(27)35-26-9-5-6-10-26)31-15-16-32(29(33)18-23-13-14-30-20-23)25(21-31)17-22-7-3-2-4-8-22/h2-4,7-8,11-12,19,23,25-26,30H,5-6,9-10,13-18,20-21H2,1H3/t23-,25-/m0/s1. The zero-order chi connectivity index (χ0) is 24.0. The van der Waals surface area contributed by atoms with Gasteiger partial charge < -0.3 is 24.6 Å². The molecule has 0 unspecified atom stereocenters. The number of hydrogen-bond donors (Lipinski definition) is 1. The maximum absolute atomic E-state index is 13.4. The van der Waals surface area contributed by atoms with Gasteiger partial charge in [-0.05, 0) is 75.2 Å². The average molecular weight is 478 g/mol. The van der Waals surface area contributed by atoms with E-state index in [-0.39, 0.29) is 12.1 Å². The summed E-state index contributed by atoms with van der Waals surface area (Å²) >= 11 is 0. The first-order chi connectivity index (χ1) is 17.2. The molecule has 2 heterocycles. The van der Waals surface area contributed by atoms with Crippen LogP contribution in [-0.4, -0.2) is 62.8 Å². The smallest absolute Gasteiger partial charge is 0.223 e. The first-order valence-corrected chi connectivity index (χ1v) is 13.3. The molecule has 0 bridgehead atoms. The number of ether oxygens (including phenoxy) is 2. The summed E-state index contributed by atoms with van der Waals surface area (Å²) in [6.45, 7) is 4.39. The molecule has 3 aliphatic rings. The van der Waals surface area contributed by atoms with Crippen LogP contribution in [0.4, 0.5) is 5.69 Å². The van der Waals surface area contributed by atoms with Crippen molar-refractivity contribution in [1.29, 1.82) is 0 Å². The minimum absolute atomic E-state index is 0.148. The molecule has 2 aromatic rings. The van der Waals surface area contributed by atoms with Crippen molar-refractivity contribution in [3.63, 3.8) is 0 Å². The first-order valence-electron chi connectivity index (χ1n) is 13.3. The van der Waals surface area contributed by atoms with Gasteiger partial charge in [-0.3, -0.25) is 4.79 Å². The van der Waals surface area contributed by atoms with Crippen LogP contribution in [0.2, 0.25) is 0 Å². The van der Waals surface area contributed by atoms with Gasteiger partial charge in [0.2, 0.25) is 5.91 Å². The van der Waals surface area contributed by atoms with Crippen molar-refractivity contribution in [1.82, 2.24) is 10.2 Å². The molecule has 1 N–H and O–H groups in total. The maximum atomic E-state index is 13.4. The van der Waals surface area contributed by atoms with E-state index in [1.165, 1.54) is 18.4 Å². The molecule has 2 aliphatic heterocycles. The fourth-order valence-electron chi connectivity index (χ4n) is 5.87. The molecule has 1 aliphatic carbocycles. The molecule has 3 fully saturated rings. The van der Waals surface area contributed by atoms with Crippen molar-refractivity contribution in [3.05, 3.63) is 54.1 Å². The lowest BCUT2D eigenvalue weighted by atomic mass is 9.98. The Labute approximate surface area is 209 Å². The number of nitrogens with zero attached hydrogens (tertiary/aromatic N) is 2. The fourth-order valence-corrected chi connectivity index (χ4v) is 5.87. The van der Waals surface area contributed by atoms with E-state index < -0.39 is 0 Å². The summed E-state index contributed by atoms with van der Waals surface area (Å²) in [4.78, 5) is 17.9. The van der Waals surface area contributed by atoms with Crippen LogP contribution in [0.5, 0.6) is 11.5 Å². The molecule has 6 heteroatoms. The van der Waals surface area contributed by atoms with E-state index in [0.717, 1.165) is 75.6 Å². The highest BCUT2D eigenvalue weighted by molar-refractivity contribution is 5.77. The van der Waals surface area contributed by atoms with Crippen molar-refractivity contribution in [3.8, 4) is 11.5 Å². The number of nitrogens with one attached hydrogen (secondary N) is 1. The van der Waals surface area contributed by atoms with Crippen LogP contribution in [-0.2, 0) is 11.2 Å². The summed E-state index contributed by atoms with van der Waals surface area (Å²) in [5.41, 5.74) is 2.42. The number of amides is 1. The van der Waals surface area contributed by atoms with E-state index in [1.54, 1.807) is 7.11 Å². The summed E-state index contributed by atoms with van der Waals surface area (Å²) in [6, 6.07) is 17.0. The Kier molecular flexibility index (Phi) is 7.77. The average Bonchev–Trinajstić information content (AvgIpc) is 3.59. The Hall–Kier alpha value is -2.73. The van der Waals surface area contributed by atoms with Gasteiger partial charge in [-0.25, -0.2) is 0 Å². The molecular weight excluding hydrogens is 438 g/mol. The van der Waals surface area contributed by atoms with Crippen molar-refractivity contribution >= 4 is 11.6 Å². The number of anilines is 1. The van der Waals surface area contributed by atoms with Gasteiger partial charge >= 0.3 is 0 Å². The number of benzene rings is 2.